The van der Waals surface area contributed by atoms with Gasteiger partial charge in [-0.05, 0) is 6.42 Å². The van der Waals surface area contributed by atoms with E-state index >= 15 is 0 Å². The van der Waals surface area contributed by atoms with Crippen LogP contribution in [-0.4, -0.2) is 42.3 Å². The first kappa shape index (κ1) is 8.69. The normalized spacial score (nSPS) is 29.7. The lowest BCUT2D eigenvalue weighted by Gasteiger charge is -2.18. The predicted octanol–water partition coefficient (Wildman–Crippen LogP) is -0.460. The van der Waals surface area contributed by atoms with Crippen LogP contribution in [0, 0.1) is 0 Å². The number of likely N-dealkylation sites (tertiary alicyclic amines) is 1. The lowest BCUT2D eigenvalue weighted by atomic mass is 10.2. The topological polar surface area (TPSA) is 49.4 Å². The zero-order chi connectivity index (χ0) is 9.26. The van der Waals surface area contributed by atoms with Crippen molar-refractivity contribution in [3.63, 3.8) is 0 Å². The van der Waals surface area contributed by atoms with Crippen LogP contribution >= 0.6 is 0 Å². The van der Waals surface area contributed by atoms with Crippen LogP contribution in [0.25, 0.3) is 0 Å². The van der Waals surface area contributed by atoms with Crippen molar-refractivity contribution < 1.29 is 9.59 Å². The third kappa shape index (κ3) is 2.06. The lowest BCUT2D eigenvalue weighted by molar-refractivity contribution is -0.119. The van der Waals surface area contributed by atoms with Crippen molar-refractivity contribution in [3.05, 3.63) is 0 Å². The maximum Gasteiger partial charge on any atom is 0.220 e. The second kappa shape index (κ2) is 3.46. The van der Waals surface area contributed by atoms with Gasteiger partial charge in [0, 0.05) is 32.0 Å². The average Bonchev–Trinajstić information content (AvgIpc) is 2.62. The van der Waals surface area contributed by atoms with Crippen LogP contribution in [0.2, 0.25) is 0 Å². The number of Topliss-reactive ketones (excluding diaryl/α,β-unsaturated/α-hetero) is 1. The SMILES string of the molecule is O=C1CCN(CC2CCC(=O)N2)C1. The zero-order valence-corrected chi connectivity index (χ0v) is 7.58. The Kier molecular flexibility index (Phi) is 2.31. The van der Waals surface area contributed by atoms with E-state index in [2.05, 4.69) is 10.2 Å². The minimum absolute atomic E-state index is 0.149. The molecule has 2 aliphatic rings. The first-order valence-corrected chi connectivity index (χ1v) is 4.77. The Morgan fingerprint density at radius 2 is 2.23 bits per heavy atom. The van der Waals surface area contributed by atoms with Gasteiger partial charge in [0.15, 0.2) is 0 Å². The number of hydrogen-bond donors (Lipinski definition) is 1. The molecule has 13 heavy (non-hydrogen) atoms. The number of nitrogens with zero attached hydrogens (tertiary/aromatic N) is 1. The molecule has 0 aromatic rings. The molecule has 1 atom stereocenters. The van der Waals surface area contributed by atoms with Gasteiger partial charge in [-0.1, -0.05) is 0 Å². The minimum Gasteiger partial charge on any atom is -0.352 e. The molecule has 0 radical (unpaired) electrons. The Hall–Kier alpha value is -0.900. The maximum absolute atomic E-state index is 11.0. The van der Waals surface area contributed by atoms with Crippen LogP contribution in [0.1, 0.15) is 19.3 Å². The highest BCUT2D eigenvalue weighted by molar-refractivity contribution is 5.82. The molecular formula is C9H14N2O2. The van der Waals surface area contributed by atoms with E-state index in [-0.39, 0.29) is 11.9 Å². The van der Waals surface area contributed by atoms with Gasteiger partial charge in [-0.25, -0.2) is 0 Å². The number of nitrogens with one attached hydrogen (secondary N) is 1. The number of carbonyl (C=O) groups is 2. The van der Waals surface area contributed by atoms with Gasteiger partial charge in [-0.15, -0.1) is 0 Å². The predicted molar refractivity (Wildman–Crippen MR) is 47.2 cm³/mol. The Labute approximate surface area is 77.3 Å². The fourth-order valence-corrected chi connectivity index (χ4v) is 1.97. The molecule has 4 heteroatoms. The maximum atomic E-state index is 11.0. The monoisotopic (exact) mass is 182 g/mol. The summed E-state index contributed by atoms with van der Waals surface area (Å²) in [5.41, 5.74) is 0. The van der Waals surface area contributed by atoms with Gasteiger partial charge in [-0.2, -0.15) is 0 Å². The Bertz CT molecular complexity index is 216. The smallest absolute Gasteiger partial charge is 0.220 e. The number of carbonyl (C=O) groups excluding carboxylic acids is 2. The second-order valence-corrected chi connectivity index (χ2v) is 3.83. The van der Waals surface area contributed by atoms with Crippen LogP contribution in [0.15, 0.2) is 0 Å². The van der Waals surface area contributed by atoms with Crippen LogP contribution in [-0.2, 0) is 9.59 Å². The lowest BCUT2D eigenvalue weighted by Crippen LogP contribution is -2.37. The number of rotatable bonds is 2. The summed E-state index contributed by atoms with van der Waals surface area (Å²) in [6.07, 6.45) is 2.25. The molecule has 4 nitrogen and oxygen atoms in total. The first-order valence-electron chi connectivity index (χ1n) is 4.77. The first-order chi connectivity index (χ1) is 6.24. The summed E-state index contributed by atoms with van der Waals surface area (Å²) in [5, 5.41) is 2.90. The fraction of sp³-hybridized carbons (Fsp3) is 0.778. The molecule has 2 rings (SSSR count). The van der Waals surface area contributed by atoms with E-state index in [1.54, 1.807) is 0 Å². The summed E-state index contributed by atoms with van der Waals surface area (Å²) in [5.74, 6) is 0.472. The standard InChI is InChI=1S/C9H14N2O2/c12-8-3-4-11(6-8)5-7-1-2-9(13)10-7/h7H,1-6H2,(H,10,13). The molecule has 1 unspecified atom stereocenters. The highest BCUT2D eigenvalue weighted by Crippen LogP contribution is 2.11. The van der Waals surface area contributed by atoms with Crippen LogP contribution < -0.4 is 5.32 Å². The Morgan fingerprint density at radius 1 is 1.38 bits per heavy atom. The molecule has 0 spiro atoms. The molecule has 2 heterocycles. The van der Waals surface area contributed by atoms with E-state index in [9.17, 15) is 9.59 Å². The summed E-state index contributed by atoms with van der Waals surface area (Å²) in [7, 11) is 0. The molecule has 0 bridgehead atoms. The quantitative estimate of drug-likeness (QED) is 0.628. The molecule has 2 aliphatic heterocycles. The minimum atomic E-state index is 0.149. The molecular weight excluding hydrogens is 168 g/mol. The summed E-state index contributed by atoms with van der Waals surface area (Å²) in [4.78, 5) is 24.0. The summed E-state index contributed by atoms with van der Waals surface area (Å²) >= 11 is 0. The molecule has 72 valence electrons. The Balaban J connectivity index is 1.78. The Morgan fingerprint density at radius 3 is 2.77 bits per heavy atom. The number of amides is 1. The molecule has 0 aromatic heterocycles. The summed E-state index contributed by atoms with van der Waals surface area (Å²) in [6, 6.07) is 0.276. The highest BCUT2D eigenvalue weighted by Gasteiger charge is 2.26. The molecule has 2 saturated heterocycles. The largest absolute Gasteiger partial charge is 0.352 e. The van der Waals surface area contributed by atoms with Crippen molar-refractivity contribution in [2.75, 3.05) is 19.6 Å². The second-order valence-electron chi connectivity index (χ2n) is 3.83. The summed E-state index contributed by atoms with van der Waals surface area (Å²) in [6.45, 7) is 2.29. The van der Waals surface area contributed by atoms with Crippen molar-refractivity contribution in [1.82, 2.24) is 10.2 Å². The van der Waals surface area contributed by atoms with E-state index in [1.165, 1.54) is 0 Å². The van der Waals surface area contributed by atoms with Crippen molar-refractivity contribution in [2.24, 2.45) is 0 Å². The van der Waals surface area contributed by atoms with Gasteiger partial charge in [0.1, 0.15) is 5.78 Å². The van der Waals surface area contributed by atoms with Crippen molar-refractivity contribution in [1.29, 1.82) is 0 Å². The van der Waals surface area contributed by atoms with E-state index in [4.69, 9.17) is 0 Å². The molecule has 2 fully saturated rings. The average molecular weight is 182 g/mol. The third-order valence-corrected chi connectivity index (χ3v) is 2.67. The molecule has 1 N–H and O–H groups in total. The molecule has 0 saturated carbocycles. The molecule has 0 aromatic carbocycles. The number of ketones is 1. The highest BCUT2D eigenvalue weighted by atomic mass is 16.2. The third-order valence-electron chi connectivity index (χ3n) is 2.67. The van der Waals surface area contributed by atoms with Crippen LogP contribution in [0.3, 0.4) is 0 Å². The summed E-state index contributed by atoms with van der Waals surface area (Å²) < 4.78 is 0. The van der Waals surface area contributed by atoms with Crippen molar-refractivity contribution in [3.8, 4) is 0 Å². The van der Waals surface area contributed by atoms with E-state index < -0.39 is 0 Å². The van der Waals surface area contributed by atoms with E-state index in [0.29, 0.717) is 25.2 Å². The van der Waals surface area contributed by atoms with Gasteiger partial charge in [0.05, 0.1) is 6.54 Å². The van der Waals surface area contributed by atoms with Gasteiger partial charge in [0.2, 0.25) is 5.91 Å². The van der Waals surface area contributed by atoms with Crippen LogP contribution in [0.4, 0.5) is 0 Å². The van der Waals surface area contributed by atoms with Gasteiger partial charge in [-0.3, -0.25) is 14.5 Å². The zero-order valence-electron chi connectivity index (χ0n) is 7.58. The van der Waals surface area contributed by atoms with Gasteiger partial charge in [0.25, 0.3) is 0 Å². The van der Waals surface area contributed by atoms with E-state index in [1.807, 2.05) is 0 Å². The number of hydrogen-bond acceptors (Lipinski definition) is 3. The molecule has 0 aliphatic carbocycles. The van der Waals surface area contributed by atoms with Crippen molar-refractivity contribution in [2.45, 2.75) is 25.3 Å². The van der Waals surface area contributed by atoms with Gasteiger partial charge >= 0.3 is 0 Å². The van der Waals surface area contributed by atoms with Crippen LogP contribution in [0.5, 0.6) is 0 Å². The van der Waals surface area contributed by atoms with Gasteiger partial charge < -0.3 is 5.32 Å². The fourth-order valence-electron chi connectivity index (χ4n) is 1.97. The van der Waals surface area contributed by atoms with Crippen molar-refractivity contribution >= 4 is 11.7 Å². The molecule has 1 amide bonds. The van der Waals surface area contributed by atoms with E-state index in [0.717, 1.165) is 19.5 Å².